The van der Waals surface area contributed by atoms with Gasteiger partial charge in [0.05, 0.1) is 4.92 Å². The van der Waals surface area contributed by atoms with Crippen molar-refractivity contribution >= 4 is 17.3 Å². The number of hydrogen-bond acceptors (Lipinski definition) is 5. The number of aryl methyl sites for hydroxylation is 1. The number of hydrogen-bond donors (Lipinski definition) is 0. The lowest BCUT2D eigenvalue weighted by Crippen LogP contribution is -1.92. The van der Waals surface area contributed by atoms with Crippen LogP contribution in [-0.4, -0.2) is 15.1 Å². The highest BCUT2D eigenvalue weighted by Crippen LogP contribution is 2.28. The number of nitro benzene ring substituents is 1. The summed E-state index contributed by atoms with van der Waals surface area (Å²) in [6.45, 7) is 1.68. The molecule has 0 N–H and O–H groups in total. The lowest BCUT2D eigenvalue weighted by atomic mass is 10.1. The van der Waals surface area contributed by atoms with Crippen molar-refractivity contribution in [2.24, 2.45) is 0 Å². The fourth-order valence-corrected chi connectivity index (χ4v) is 2.11. The first-order chi connectivity index (χ1) is 10.5. The molecule has 2 aromatic carbocycles. The number of halogens is 1. The van der Waals surface area contributed by atoms with Gasteiger partial charge in [-0.1, -0.05) is 17.7 Å². The van der Waals surface area contributed by atoms with Gasteiger partial charge in [-0.15, -0.1) is 10.2 Å². The highest BCUT2D eigenvalue weighted by molar-refractivity contribution is 6.30. The van der Waals surface area contributed by atoms with Gasteiger partial charge in [0.1, 0.15) is 0 Å². The second kappa shape index (κ2) is 5.57. The third-order valence-corrected chi connectivity index (χ3v) is 3.42. The Hall–Kier alpha value is -2.73. The molecule has 110 valence electrons. The summed E-state index contributed by atoms with van der Waals surface area (Å²) in [6.07, 6.45) is 0. The van der Waals surface area contributed by atoms with Crippen molar-refractivity contribution in [3.8, 4) is 22.9 Å². The molecule has 3 rings (SSSR count). The fraction of sp³-hybridized carbons (Fsp3) is 0.0667. The van der Waals surface area contributed by atoms with Crippen LogP contribution in [0.1, 0.15) is 5.56 Å². The molecule has 0 bridgehead atoms. The molecule has 0 aliphatic rings. The van der Waals surface area contributed by atoms with Gasteiger partial charge < -0.3 is 4.42 Å². The van der Waals surface area contributed by atoms with Gasteiger partial charge in [0.15, 0.2) is 0 Å². The van der Waals surface area contributed by atoms with Crippen molar-refractivity contribution in [1.29, 1.82) is 0 Å². The van der Waals surface area contributed by atoms with Crippen molar-refractivity contribution in [2.75, 3.05) is 0 Å². The van der Waals surface area contributed by atoms with E-state index in [9.17, 15) is 10.1 Å². The van der Waals surface area contributed by atoms with E-state index in [1.54, 1.807) is 43.3 Å². The van der Waals surface area contributed by atoms with Crippen molar-refractivity contribution in [3.05, 3.63) is 63.2 Å². The first kappa shape index (κ1) is 14.2. The molecule has 3 aromatic rings. The highest BCUT2D eigenvalue weighted by Gasteiger charge is 2.16. The molecule has 7 heteroatoms. The van der Waals surface area contributed by atoms with Crippen molar-refractivity contribution < 1.29 is 9.34 Å². The Labute approximate surface area is 130 Å². The summed E-state index contributed by atoms with van der Waals surface area (Å²) in [5.41, 5.74) is 1.82. The lowest BCUT2D eigenvalue weighted by Gasteiger charge is -1.99. The summed E-state index contributed by atoms with van der Waals surface area (Å²) in [6, 6.07) is 11.7. The molecule has 0 radical (unpaired) electrons. The molecule has 0 unspecified atom stereocenters. The fourth-order valence-electron chi connectivity index (χ4n) is 1.99. The van der Waals surface area contributed by atoms with Crippen LogP contribution in [0.5, 0.6) is 0 Å². The maximum atomic E-state index is 11.0. The number of rotatable bonds is 3. The van der Waals surface area contributed by atoms with Crippen LogP contribution < -0.4 is 0 Å². The van der Waals surface area contributed by atoms with Gasteiger partial charge in [0.2, 0.25) is 11.8 Å². The van der Waals surface area contributed by atoms with Crippen LogP contribution in [0.25, 0.3) is 22.9 Å². The van der Waals surface area contributed by atoms with Gasteiger partial charge in [-0.2, -0.15) is 0 Å². The summed E-state index contributed by atoms with van der Waals surface area (Å²) in [5.74, 6) is 0.558. The lowest BCUT2D eigenvalue weighted by molar-refractivity contribution is -0.385. The molecule has 1 aromatic heterocycles. The second-order valence-electron chi connectivity index (χ2n) is 4.68. The quantitative estimate of drug-likeness (QED) is 0.532. The first-order valence-corrected chi connectivity index (χ1v) is 6.77. The smallest absolute Gasteiger partial charge is 0.273 e. The van der Waals surface area contributed by atoms with Gasteiger partial charge in [-0.25, -0.2) is 0 Å². The van der Waals surface area contributed by atoms with Gasteiger partial charge in [-0.05, 0) is 37.3 Å². The van der Waals surface area contributed by atoms with Gasteiger partial charge >= 0.3 is 0 Å². The molecule has 0 fully saturated rings. The van der Waals surface area contributed by atoms with Crippen molar-refractivity contribution in [2.45, 2.75) is 6.92 Å². The van der Waals surface area contributed by atoms with Crippen LogP contribution in [0.15, 0.2) is 46.9 Å². The molecular formula is C15H10ClN3O3. The molecule has 0 spiro atoms. The Kier molecular flexibility index (Phi) is 3.60. The van der Waals surface area contributed by atoms with Gasteiger partial charge in [0, 0.05) is 27.8 Å². The minimum atomic E-state index is -0.435. The Morgan fingerprint density at radius 3 is 2.27 bits per heavy atom. The van der Waals surface area contributed by atoms with E-state index >= 15 is 0 Å². The number of benzene rings is 2. The van der Waals surface area contributed by atoms with Crippen molar-refractivity contribution in [3.63, 3.8) is 0 Å². The predicted octanol–water partition coefficient (Wildman–Crippen LogP) is 4.27. The van der Waals surface area contributed by atoms with Crippen molar-refractivity contribution in [1.82, 2.24) is 10.2 Å². The molecule has 22 heavy (non-hydrogen) atoms. The van der Waals surface area contributed by atoms with E-state index in [-0.39, 0.29) is 11.6 Å². The minimum Gasteiger partial charge on any atom is -0.416 e. The molecule has 0 amide bonds. The Morgan fingerprint density at radius 1 is 1.05 bits per heavy atom. The maximum absolute atomic E-state index is 11.0. The largest absolute Gasteiger partial charge is 0.416 e. The van der Waals surface area contributed by atoms with E-state index in [2.05, 4.69) is 10.2 Å². The molecule has 1 heterocycles. The normalized spacial score (nSPS) is 10.6. The molecule has 0 aliphatic heterocycles. The SMILES string of the molecule is Cc1ccc(-c2nnc(-c3ccc(Cl)cc3)o2)cc1[N+](=O)[O-]. The zero-order valence-electron chi connectivity index (χ0n) is 11.5. The van der Waals surface area contributed by atoms with E-state index in [1.807, 2.05) is 0 Å². The molecule has 0 saturated carbocycles. The molecule has 0 saturated heterocycles. The molecule has 0 atom stereocenters. The minimum absolute atomic E-state index is 0.0174. The number of nitro groups is 1. The summed E-state index contributed by atoms with van der Waals surface area (Å²) < 4.78 is 5.58. The Morgan fingerprint density at radius 2 is 1.64 bits per heavy atom. The first-order valence-electron chi connectivity index (χ1n) is 6.39. The van der Waals surface area contributed by atoms with Crippen LogP contribution in [0.4, 0.5) is 5.69 Å². The third kappa shape index (κ3) is 2.68. The van der Waals surface area contributed by atoms with Crippen LogP contribution in [0.3, 0.4) is 0 Å². The molecular weight excluding hydrogens is 306 g/mol. The number of aromatic nitrogens is 2. The van der Waals surface area contributed by atoms with E-state index in [1.165, 1.54) is 6.07 Å². The van der Waals surface area contributed by atoms with E-state index in [0.717, 1.165) is 5.56 Å². The standard InChI is InChI=1S/C15H10ClN3O3/c1-9-2-3-11(8-13(9)19(20)21)15-18-17-14(22-15)10-4-6-12(16)7-5-10/h2-8H,1H3. The predicted molar refractivity (Wildman–Crippen MR) is 81.6 cm³/mol. The Bertz CT molecular complexity index is 843. The maximum Gasteiger partial charge on any atom is 0.273 e. The average Bonchev–Trinajstić information content (AvgIpc) is 2.98. The topological polar surface area (TPSA) is 82.1 Å². The molecule has 6 nitrogen and oxygen atoms in total. The van der Waals surface area contributed by atoms with Crippen LogP contribution >= 0.6 is 11.6 Å². The van der Waals surface area contributed by atoms with E-state index in [0.29, 0.717) is 22.0 Å². The third-order valence-electron chi connectivity index (χ3n) is 3.17. The summed E-state index contributed by atoms with van der Waals surface area (Å²) in [7, 11) is 0. The average molecular weight is 316 g/mol. The van der Waals surface area contributed by atoms with Gasteiger partial charge in [0.25, 0.3) is 5.69 Å². The van der Waals surface area contributed by atoms with E-state index < -0.39 is 4.92 Å². The van der Waals surface area contributed by atoms with Crippen LogP contribution in [0.2, 0.25) is 5.02 Å². The van der Waals surface area contributed by atoms with Crippen LogP contribution in [0, 0.1) is 17.0 Å². The summed E-state index contributed by atoms with van der Waals surface area (Å²) >= 11 is 5.83. The second-order valence-corrected chi connectivity index (χ2v) is 5.11. The zero-order chi connectivity index (χ0) is 15.7. The van der Waals surface area contributed by atoms with Crippen LogP contribution in [-0.2, 0) is 0 Å². The Balaban J connectivity index is 1.99. The highest BCUT2D eigenvalue weighted by atomic mass is 35.5. The molecule has 0 aliphatic carbocycles. The zero-order valence-corrected chi connectivity index (χ0v) is 12.2. The summed E-state index contributed by atoms with van der Waals surface area (Å²) in [4.78, 5) is 10.6. The summed E-state index contributed by atoms with van der Waals surface area (Å²) in [5, 5.41) is 19.5. The van der Waals surface area contributed by atoms with E-state index in [4.69, 9.17) is 16.0 Å². The number of nitrogens with zero attached hydrogens (tertiary/aromatic N) is 3. The van der Waals surface area contributed by atoms with Gasteiger partial charge in [-0.3, -0.25) is 10.1 Å². The monoisotopic (exact) mass is 315 g/mol.